The van der Waals surface area contributed by atoms with Crippen LogP contribution in [0.2, 0.25) is 0 Å². The first kappa shape index (κ1) is 28.4. The van der Waals surface area contributed by atoms with E-state index in [9.17, 15) is 9.59 Å². The summed E-state index contributed by atoms with van der Waals surface area (Å²) >= 11 is 0. The number of benzene rings is 2. The normalized spacial score (nSPS) is 10.3. The number of aromatic nitrogens is 1. The zero-order valence-electron chi connectivity index (χ0n) is 20.0. The number of nitrogens with two attached hydrogens (primary N) is 2. The molecule has 0 aliphatic heterocycles. The fraction of sp³-hybridized carbons (Fsp3) is 0.200. The molecule has 186 valence electrons. The summed E-state index contributed by atoms with van der Waals surface area (Å²) in [5.41, 5.74) is 9.96. The number of allylic oxidation sites excluding steroid dienone is 1. The summed E-state index contributed by atoms with van der Waals surface area (Å²) < 4.78 is 2.13. The van der Waals surface area contributed by atoms with Crippen molar-refractivity contribution >= 4 is 34.6 Å². The lowest BCUT2D eigenvalue weighted by atomic mass is 10.1. The number of aryl methyl sites for hydroxylation is 1. The molecule has 2 aromatic carbocycles. The minimum absolute atomic E-state index is 0.271. The largest absolute Gasteiger partial charge is 0.481 e. The van der Waals surface area contributed by atoms with Gasteiger partial charge in [-0.3, -0.25) is 14.4 Å². The fourth-order valence-corrected chi connectivity index (χ4v) is 3.10. The second kappa shape index (κ2) is 13.8. The Morgan fingerprint density at radius 3 is 2.31 bits per heavy atom. The molecule has 10 nitrogen and oxygen atoms in total. The SMILES string of the molecule is C=CC.CC(=O)O.Cc1cc2cc(/C(N)=N/N)ccc2n1Cc1cccc(C(=O)NCC(=O)O)c1. The number of carbonyl (C=O) groups is 3. The van der Waals surface area contributed by atoms with Gasteiger partial charge in [-0.15, -0.1) is 6.58 Å². The molecular weight excluding hydrogens is 450 g/mol. The summed E-state index contributed by atoms with van der Waals surface area (Å²) in [5, 5.41) is 23.0. The third-order valence-electron chi connectivity index (χ3n) is 4.47. The highest BCUT2D eigenvalue weighted by Crippen LogP contribution is 2.22. The van der Waals surface area contributed by atoms with Gasteiger partial charge >= 0.3 is 5.97 Å². The molecule has 35 heavy (non-hydrogen) atoms. The molecule has 1 aromatic heterocycles. The predicted octanol–water partition coefficient (Wildman–Crippen LogP) is 2.67. The van der Waals surface area contributed by atoms with Crippen molar-refractivity contribution in [1.29, 1.82) is 0 Å². The van der Waals surface area contributed by atoms with Crippen molar-refractivity contribution < 1.29 is 24.6 Å². The van der Waals surface area contributed by atoms with Gasteiger partial charge in [0.15, 0.2) is 0 Å². The van der Waals surface area contributed by atoms with Crippen molar-refractivity contribution in [2.75, 3.05) is 6.54 Å². The van der Waals surface area contributed by atoms with Crippen molar-refractivity contribution in [2.24, 2.45) is 16.7 Å². The molecule has 3 rings (SSSR count). The van der Waals surface area contributed by atoms with Crippen LogP contribution in [0.1, 0.15) is 41.0 Å². The van der Waals surface area contributed by atoms with Crippen LogP contribution in [0.25, 0.3) is 10.9 Å². The van der Waals surface area contributed by atoms with Crippen LogP contribution in [0.15, 0.2) is 66.3 Å². The molecule has 0 aliphatic rings. The number of aliphatic carboxylic acids is 2. The second-order valence-electron chi connectivity index (χ2n) is 7.36. The average Bonchev–Trinajstić information content (AvgIpc) is 3.11. The first-order valence-corrected chi connectivity index (χ1v) is 10.5. The van der Waals surface area contributed by atoms with Crippen molar-refractivity contribution in [3.8, 4) is 0 Å². The number of nitrogens with one attached hydrogen (secondary N) is 1. The summed E-state index contributed by atoms with van der Waals surface area (Å²) in [6.45, 7) is 8.49. The fourth-order valence-electron chi connectivity index (χ4n) is 3.10. The van der Waals surface area contributed by atoms with Gasteiger partial charge in [-0.1, -0.05) is 18.2 Å². The van der Waals surface area contributed by atoms with E-state index in [2.05, 4.69) is 21.6 Å². The lowest BCUT2D eigenvalue weighted by Gasteiger charge is -2.10. The van der Waals surface area contributed by atoms with Crippen molar-refractivity contribution in [3.63, 3.8) is 0 Å². The van der Waals surface area contributed by atoms with Crippen LogP contribution in [-0.4, -0.2) is 45.0 Å². The van der Waals surface area contributed by atoms with Gasteiger partial charge in [0.25, 0.3) is 11.9 Å². The highest BCUT2D eigenvalue weighted by Gasteiger charge is 2.11. The van der Waals surface area contributed by atoms with Crippen LogP contribution in [0.3, 0.4) is 0 Å². The van der Waals surface area contributed by atoms with Gasteiger partial charge in [-0.05, 0) is 55.8 Å². The first-order chi connectivity index (χ1) is 16.5. The number of hydrazone groups is 1. The van der Waals surface area contributed by atoms with Gasteiger partial charge in [0.2, 0.25) is 0 Å². The maximum absolute atomic E-state index is 12.1. The van der Waals surface area contributed by atoms with Crippen LogP contribution in [-0.2, 0) is 16.1 Å². The Labute approximate surface area is 203 Å². The second-order valence-corrected chi connectivity index (χ2v) is 7.36. The summed E-state index contributed by atoms with van der Waals surface area (Å²) in [5.74, 6) is 3.19. The highest BCUT2D eigenvalue weighted by atomic mass is 16.4. The minimum Gasteiger partial charge on any atom is -0.481 e. The Balaban J connectivity index is 0.000000778. The molecule has 10 heteroatoms. The summed E-state index contributed by atoms with van der Waals surface area (Å²) in [6, 6.07) is 14.9. The van der Waals surface area contributed by atoms with E-state index in [1.54, 1.807) is 24.3 Å². The van der Waals surface area contributed by atoms with Crippen LogP contribution in [0.5, 0.6) is 0 Å². The molecule has 0 aliphatic carbocycles. The molecule has 0 atom stereocenters. The zero-order chi connectivity index (χ0) is 26.5. The Bertz CT molecular complexity index is 1230. The molecule has 0 bridgehead atoms. The topological polar surface area (TPSA) is 173 Å². The molecule has 0 radical (unpaired) electrons. The number of rotatable bonds is 6. The number of carboxylic acids is 2. The van der Waals surface area contributed by atoms with Gasteiger partial charge in [0.05, 0.1) is 0 Å². The number of carbonyl (C=O) groups excluding carboxylic acids is 1. The molecule has 3 aromatic rings. The molecule has 1 heterocycles. The highest BCUT2D eigenvalue weighted by molar-refractivity contribution is 6.00. The van der Waals surface area contributed by atoms with E-state index in [0.29, 0.717) is 12.1 Å². The molecule has 0 saturated carbocycles. The minimum atomic E-state index is -1.08. The maximum atomic E-state index is 12.1. The first-order valence-electron chi connectivity index (χ1n) is 10.5. The van der Waals surface area contributed by atoms with E-state index in [0.717, 1.165) is 34.6 Å². The van der Waals surface area contributed by atoms with Crippen LogP contribution in [0, 0.1) is 6.92 Å². The molecule has 7 N–H and O–H groups in total. The Hall–Kier alpha value is -4.60. The number of hydrogen-bond acceptors (Lipinski definition) is 5. The monoisotopic (exact) mass is 481 g/mol. The maximum Gasteiger partial charge on any atom is 0.322 e. The predicted molar refractivity (Wildman–Crippen MR) is 136 cm³/mol. The molecule has 0 fully saturated rings. The number of hydrogen-bond donors (Lipinski definition) is 5. The quantitative estimate of drug-likeness (QED) is 0.118. The van der Waals surface area contributed by atoms with E-state index in [1.807, 2.05) is 44.2 Å². The van der Waals surface area contributed by atoms with Crippen LogP contribution in [0.4, 0.5) is 0 Å². The molecule has 0 spiro atoms. The lowest BCUT2D eigenvalue weighted by molar-refractivity contribution is -0.136. The van der Waals surface area contributed by atoms with E-state index in [-0.39, 0.29) is 5.84 Å². The molecular formula is C25H31N5O5. The summed E-state index contributed by atoms with van der Waals surface area (Å²) in [6.07, 6.45) is 1.75. The summed E-state index contributed by atoms with van der Waals surface area (Å²) in [7, 11) is 0. The van der Waals surface area contributed by atoms with E-state index in [4.69, 9.17) is 26.6 Å². The van der Waals surface area contributed by atoms with Gasteiger partial charge in [0.1, 0.15) is 12.4 Å². The number of fused-ring (bicyclic) bond motifs is 1. The Kier molecular flexibility index (Phi) is 11.2. The van der Waals surface area contributed by atoms with E-state index in [1.165, 1.54) is 0 Å². The van der Waals surface area contributed by atoms with E-state index >= 15 is 0 Å². The smallest absolute Gasteiger partial charge is 0.322 e. The van der Waals surface area contributed by atoms with Crippen LogP contribution >= 0.6 is 0 Å². The van der Waals surface area contributed by atoms with Gasteiger partial charge < -0.3 is 31.7 Å². The standard InChI is InChI=1S/C20H21N5O3.C3H6.C2H4O2/c1-12-7-16-9-14(19(21)24-22)5-6-17(16)25(12)11-13-3-2-4-15(8-13)20(28)23-10-18(26)27;1-3-2;1-2(3)4/h2-9H,10-11,22H2,1H3,(H2,21,24)(H,23,28)(H,26,27);3H,1H2,2H3;1H3,(H,3,4). The van der Waals surface area contributed by atoms with Gasteiger partial charge in [0, 0.05) is 41.2 Å². The van der Waals surface area contributed by atoms with Crippen molar-refractivity contribution in [2.45, 2.75) is 27.3 Å². The Morgan fingerprint density at radius 1 is 1.11 bits per heavy atom. The number of nitrogens with zero attached hydrogens (tertiary/aromatic N) is 2. The van der Waals surface area contributed by atoms with Crippen molar-refractivity contribution in [1.82, 2.24) is 9.88 Å². The molecule has 0 saturated heterocycles. The average molecular weight is 482 g/mol. The zero-order valence-corrected chi connectivity index (χ0v) is 20.0. The van der Waals surface area contributed by atoms with Gasteiger partial charge in [-0.2, -0.15) is 5.10 Å². The van der Waals surface area contributed by atoms with E-state index < -0.39 is 24.4 Å². The summed E-state index contributed by atoms with van der Waals surface area (Å²) in [4.78, 5) is 31.7. The molecule has 0 unspecified atom stereocenters. The third-order valence-corrected chi connectivity index (χ3v) is 4.47. The number of amidine groups is 1. The number of amides is 1. The number of carboxylic acid groups (broad SMARTS) is 2. The third kappa shape index (κ3) is 9.04. The molecule has 1 amide bonds. The lowest BCUT2D eigenvalue weighted by Crippen LogP contribution is -2.29. The van der Waals surface area contributed by atoms with Crippen molar-refractivity contribution in [3.05, 3.63) is 83.6 Å². The Morgan fingerprint density at radius 2 is 1.74 bits per heavy atom. The van der Waals surface area contributed by atoms with Gasteiger partial charge in [-0.25, -0.2) is 0 Å². The van der Waals surface area contributed by atoms with Crippen LogP contribution < -0.4 is 16.9 Å².